The summed E-state index contributed by atoms with van der Waals surface area (Å²) in [5, 5.41) is 3.87. The summed E-state index contributed by atoms with van der Waals surface area (Å²) in [6, 6.07) is 18.4. The van der Waals surface area contributed by atoms with E-state index in [0.29, 0.717) is 5.76 Å². The third-order valence-electron chi connectivity index (χ3n) is 6.01. The van der Waals surface area contributed by atoms with Gasteiger partial charge in [-0.15, -0.1) is 0 Å². The summed E-state index contributed by atoms with van der Waals surface area (Å²) in [5.74, 6) is 0.114. The van der Waals surface area contributed by atoms with E-state index in [4.69, 9.17) is 4.42 Å². The Morgan fingerprint density at radius 3 is 2.41 bits per heavy atom. The molecule has 5 heteroatoms. The van der Waals surface area contributed by atoms with E-state index in [9.17, 15) is 4.79 Å². The Hall–Kier alpha value is -1.86. The number of carbonyl (C=O) groups excluding carboxylic acids is 1. The van der Waals surface area contributed by atoms with Gasteiger partial charge in [-0.05, 0) is 49.9 Å². The van der Waals surface area contributed by atoms with Crippen LogP contribution in [0.15, 0.2) is 59.0 Å². The van der Waals surface area contributed by atoms with Crippen LogP contribution in [-0.2, 0) is 6.54 Å². The molecule has 4 rings (SSSR count). The van der Waals surface area contributed by atoms with Gasteiger partial charge in [0, 0.05) is 16.6 Å². The molecule has 29 heavy (non-hydrogen) atoms. The number of hydrogen-bond donors (Lipinski definition) is 1. The molecule has 1 heterocycles. The van der Waals surface area contributed by atoms with Crippen molar-refractivity contribution in [2.45, 2.75) is 44.7 Å². The molecule has 3 aromatic rings. The van der Waals surface area contributed by atoms with Crippen LogP contribution in [0.3, 0.4) is 0 Å². The van der Waals surface area contributed by atoms with Crippen molar-refractivity contribution in [1.82, 2.24) is 0 Å². The fourth-order valence-corrected chi connectivity index (χ4v) is 4.36. The highest BCUT2D eigenvalue weighted by atomic mass is 127. The van der Waals surface area contributed by atoms with Gasteiger partial charge in [-0.1, -0.05) is 36.8 Å². The molecule has 1 aromatic heterocycles. The zero-order chi connectivity index (χ0) is 19.6. The minimum absolute atomic E-state index is 0. The number of fused-ring (bicyclic) bond motifs is 1. The number of rotatable bonds is 5. The Balaban J connectivity index is 0.00000240. The lowest BCUT2D eigenvalue weighted by molar-refractivity contribution is -0.929. The monoisotopic (exact) mass is 504 g/mol. The van der Waals surface area contributed by atoms with E-state index in [1.165, 1.54) is 37.7 Å². The summed E-state index contributed by atoms with van der Waals surface area (Å²) >= 11 is 0. The van der Waals surface area contributed by atoms with E-state index in [1.807, 2.05) is 36.4 Å². The second kappa shape index (κ2) is 9.30. The first kappa shape index (κ1) is 21.8. The number of carbonyl (C=O) groups is 1. The molecule has 1 amide bonds. The SMILES string of the molecule is C[N+](C)(Cc1ccc(NC(=O)c2cc3ccccc3o2)cc1)C1CCCCC1.[I-]. The quantitative estimate of drug-likeness (QED) is 0.429. The summed E-state index contributed by atoms with van der Waals surface area (Å²) in [7, 11) is 4.68. The van der Waals surface area contributed by atoms with Crippen molar-refractivity contribution in [2.75, 3.05) is 19.4 Å². The Kier molecular flexibility index (Phi) is 7.01. The number of quaternary nitrogens is 1. The van der Waals surface area contributed by atoms with Gasteiger partial charge in [0.05, 0.1) is 20.1 Å². The molecule has 0 saturated heterocycles. The predicted octanol–water partition coefficient (Wildman–Crippen LogP) is 2.60. The highest BCUT2D eigenvalue weighted by molar-refractivity contribution is 6.04. The maximum absolute atomic E-state index is 12.5. The number of nitrogens with zero attached hydrogens (tertiary/aromatic N) is 1. The largest absolute Gasteiger partial charge is 1.00 e. The molecule has 0 aliphatic heterocycles. The fraction of sp³-hybridized carbons (Fsp3) is 0.375. The maximum atomic E-state index is 12.5. The van der Waals surface area contributed by atoms with E-state index in [2.05, 4.69) is 31.5 Å². The molecule has 1 N–H and O–H groups in total. The molecule has 2 aromatic carbocycles. The molecule has 0 unspecified atom stereocenters. The van der Waals surface area contributed by atoms with Crippen LogP contribution in [0.2, 0.25) is 0 Å². The molecule has 1 aliphatic rings. The minimum atomic E-state index is -0.220. The standard InChI is InChI=1S/C24H28N2O2.HI/c1-26(2,21-9-4-3-5-10-21)17-18-12-14-20(15-13-18)25-24(27)23-16-19-8-6-7-11-22(19)28-23;/h6-8,11-16,21H,3-5,9-10,17H2,1-2H3;1H. The Morgan fingerprint density at radius 1 is 1.03 bits per heavy atom. The number of nitrogens with one attached hydrogen (secondary N) is 1. The van der Waals surface area contributed by atoms with Gasteiger partial charge in [0.2, 0.25) is 0 Å². The van der Waals surface area contributed by atoms with Crippen LogP contribution >= 0.6 is 0 Å². The van der Waals surface area contributed by atoms with Gasteiger partial charge >= 0.3 is 0 Å². The van der Waals surface area contributed by atoms with Crippen molar-refractivity contribution in [2.24, 2.45) is 0 Å². The maximum Gasteiger partial charge on any atom is 0.291 e. The number of anilines is 1. The van der Waals surface area contributed by atoms with Crippen molar-refractivity contribution < 1.29 is 37.7 Å². The summed E-state index contributed by atoms with van der Waals surface area (Å²) in [5.41, 5.74) is 2.82. The molecule has 154 valence electrons. The van der Waals surface area contributed by atoms with Crippen LogP contribution in [0.4, 0.5) is 5.69 Å². The third-order valence-corrected chi connectivity index (χ3v) is 6.01. The third kappa shape index (κ3) is 5.20. The first-order valence-electron chi connectivity index (χ1n) is 10.2. The van der Waals surface area contributed by atoms with E-state index in [-0.39, 0.29) is 29.9 Å². The summed E-state index contributed by atoms with van der Waals surface area (Å²) < 4.78 is 6.68. The molecule has 0 bridgehead atoms. The smallest absolute Gasteiger partial charge is 0.291 e. The number of amides is 1. The lowest BCUT2D eigenvalue weighted by Gasteiger charge is -2.40. The van der Waals surface area contributed by atoms with Gasteiger partial charge in [-0.3, -0.25) is 4.79 Å². The molecule has 4 nitrogen and oxygen atoms in total. The van der Waals surface area contributed by atoms with Gasteiger partial charge in [0.15, 0.2) is 5.76 Å². The van der Waals surface area contributed by atoms with Crippen LogP contribution in [-0.4, -0.2) is 30.5 Å². The van der Waals surface area contributed by atoms with Gasteiger partial charge in [0.25, 0.3) is 5.91 Å². The molecular weight excluding hydrogens is 475 g/mol. The molecular formula is C24H29IN2O2. The van der Waals surface area contributed by atoms with Crippen molar-refractivity contribution in [3.8, 4) is 0 Å². The van der Waals surface area contributed by atoms with Gasteiger partial charge < -0.3 is 38.2 Å². The molecule has 0 spiro atoms. The zero-order valence-corrected chi connectivity index (χ0v) is 19.3. The van der Waals surface area contributed by atoms with Crippen molar-refractivity contribution >= 4 is 22.6 Å². The lowest BCUT2D eigenvalue weighted by atomic mass is 9.92. The Labute approximate surface area is 189 Å². The van der Waals surface area contributed by atoms with Gasteiger partial charge in [-0.2, -0.15) is 0 Å². The number of furan rings is 1. The summed E-state index contributed by atoms with van der Waals surface area (Å²) in [6.07, 6.45) is 6.77. The Bertz CT molecular complexity index is 923. The number of halogens is 1. The molecule has 1 fully saturated rings. The number of benzene rings is 2. The van der Waals surface area contributed by atoms with E-state index < -0.39 is 0 Å². The topological polar surface area (TPSA) is 42.2 Å². The van der Waals surface area contributed by atoms with Crippen molar-refractivity contribution in [3.05, 3.63) is 65.9 Å². The lowest BCUT2D eigenvalue weighted by Crippen LogP contribution is -3.00. The Morgan fingerprint density at radius 2 is 1.72 bits per heavy atom. The zero-order valence-electron chi connectivity index (χ0n) is 17.2. The van der Waals surface area contributed by atoms with Crippen LogP contribution < -0.4 is 29.3 Å². The first-order valence-corrected chi connectivity index (χ1v) is 10.2. The first-order chi connectivity index (χ1) is 13.5. The molecule has 0 atom stereocenters. The average molecular weight is 504 g/mol. The van der Waals surface area contributed by atoms with Crippen molar-refractivity contribution in [1.29, 1.82) is 0 Å². The number of hydrogen-bond acceptors (Lipinski definition) is 2. The predicted molar refractivity (Wildman–Crippen MR) is 113 cm³/mol. The van der Waals surface area contributed by atoms with Crippen LogP contribution in [0, 0.1) is 0 Å². The van der Waals surface area contributed by atoms with Crippen LogP contribution in [0.25, 0.3) is 11.0 Å². The fourth-order valence-electron chi connectivity index (χ4n) is 4.36. The van der Waals surface area contributed by atoms with Crippen LogP contribution in [0.1, 0.15) is 48.2 Å². The summed E-state index contributed by atoms with van der Waals surface area (Å²) in [4.78, 5) is 12.5. The van der Waals surface area contributed by atoms with E-state index >= 15 is 0 Å². The van der Waals surface area contributed by atoms with Crippen molar-refractivity contribution in [3.63, 3.8) is 0 Å². The van der Waals surface area contributed by atoms with Crippen LogP contribution in [0.5, 0.6) is 0 Å². The molecule has 0 radical (unpaired) electrons. The highest BCUT2D eigenvalue weighted by Gasteiger charge is 2.29. The minimum Gasteiger partial charge on any atom is -1.00 e. The average Bonchev–Trinajstić information content (AvgIpc) is 3.14. The number of para-hydroxylation sites is 1. The van der Waals surface area contributed by atoms with Gasteiger partial charge in [-0.25, -0.2) is 0 Å². The second-order valence-electron chi connectivity index (χ2n) is 8.53. The van der Waals surface area contributed by atoms with E-state index in [1.54, 1.807) is 6.07 Å². The molecule has 1 aliphatic carbocycles. The van der Waals surface area contributed by atoms with Gasteiger partial charge in [0.1, 0.15) is 12.1 Å². The second-order valence-corrected chi connectivity index (χ2v) is 8.53. The van der Waals surface area contributed by atoms with E-state index in [0.717, 1.165) is 33.7 Å². The normalized spacial score (nSPS) is 15.1. The molecule has 1 saturated carbocycles. The summed E-state index contributed by atoms with van der Waals surface area (Å²) in [6.45, 7) is 1.02. The highest BCUT2D eigenvalue weighted by Crippen LogP contribution is 2.28.